The standard InChI is InChI=1S/C16H18N2O5/c1-23-16(22)18-11-8-6-10(7-9-11)17-14(19)12-4-2-3-5-13(12)15(20)21/h2-3,6-9,12-13H,4-5H2,1H3,(H,17,19)(H,18,22)(H,20,21)/t12-,13-/m1/s1. The van der Waals surface area contributed by atoms with Crippen LogP contribution in [0.4, 0.5) is 16.2 Å². The van der Waals surface area contributed by atoms with E-state index in [1.165, 1.54) is 7.11 Å². The lowest BCUT2D eigenvalue weighted by Crippen LogP contribution is -2.34. The van der Waals surface area contributed by atoms with Crippen LogP contribution in [0.1, 0.15) is 12.8 Å². The molecule has 2 rings (SSSR count). The molecule has 7 nitrogen and oxygen atoms in total. The normalized spacial score (nSPS) is 19.7. The van der Waals surface area contributed by atoms with Crippen LogP contribution in [-0.4, -0.2) is 30.2 Å². The van der Waals surface area contributed by atoms with E-state index in [-0.39, 0.29) is 5.91 Å². The van der Waals surface area contributed by atoms with Gasteiger partial charge < -0.3 is 15.2 Å². The van der Waals surface area contributed by atoms with E-state index >= 15 is 0 Å². The lowest BCUT2D eigenvalue weighted by molar-refractivity contribution is -0.146. The summed E-state index contributed by atoms with van der Waals surface area (Å²) in [4.78, 5) is 34.6. The van der Waals surface area contributed by atoms with Gasteiger partial charge in [0.15, 0.2) is 0 Å². The van der Waals surface area contributed by atoms with Crippen LogP contribution in [0, 0.1) is 11.8 Å². The zero-order valence-electron chi connectivity index (χ0n) is 12.6. The second-order valence-corrected chi connectivity index (χ2v) is 5.18. The molecule has 2 amide bonds. The first-order chi connectivity index (χ1) is 11.0. The van der Waals surface area contributed by atoms with Gasteiger partial charge in [0.2, 0.25) is 5.91 Å². The van der Waals surface area contributed by atoms with Gasteiger partial charge >= 0.3 is 12.1 Å². The Kier molecular flexibility index (Phi) is 5.35. The zero-order valence-corrected chi connectivity index (χ0v) is 12.6. The summed E-state index contributed by atoms with van der Waals surface area (Å²) in [7, 11) is 1.27. The van der Waals surface area contributed by atoms with Crippen molar-refractivity contribution in [2.24, 2.45) is 11.8 Å². The Morgan fingerprint density at radius 1 is 1.00 bits per heavy atom. The lowest BCUT2D eigenvalue weighted by atomic mass is 9.82. The third kappa shape index (κ3) is 4.32. The number of hydrogen-bond donors (Lipinski definition) is 3. The molecule has 0 spiro atoms. The molecule has 23 heavy (non-hydrogen) atoms. The van der Waals surface area contributed by atoms with Crippen molar-refractivity contribution in [3.05, 3.63) is 36.4 Å². The molecule has 3 N–H and O–H groups in total. The number of anilines is 2. The molecule has 0 heterocycles. The van der Waals surface area contributed by atoms with E-state index in [0.717, 1.165) is 0 Å². The predicted molar refractivity (Wildman–Crippen MR) is 84.1 cm³/mol. The fourth-order valence-electron chi connectivity index (χ4n) is 2.42. The number of carboxylic acids is 1. The molecule has 0 bridgehead atoms. The summed E-state index contributed by atoms with van der Waals surface area (Å²) in [5, 5.41) is 14.4. The summed E-state index contributed by atoms with van der Waals surface area (Å²) in [6.07, 6.45) is 3.79. The SMILES string of the molecule is COC(=O)Nc1ccc(NC(=O)[C@@H]2CC=CC[C@H]2C(=O)O)cc1. The van der Waals surface area contributed by atoms with Crippen molar-refractivity contribution in [1.82, 2.24) is 0 Å². The second-order valence-electron chi connectivity index (χ2n) is 5.18. The fourth-order valence-corrected chi connectivity index (χ4v) is 2.42. The number of hydrogen-bond acceptors (Lipinski definition) is 4. The van der Waals surface area contributed by atoms with Gasteiger partial charge in [-0.1, -0.05) is 12.2 Å². The van der Waals surface area contributed by atoms with E-state index < -0.39 is 23.9 Å². The van der Waals surface area contributed by atoms with Crippen molar-refractivity contribution in [2.45, 2.75) is 12.8 Å². The molecule has 0 aromatic heterocycles. The molecule has 0 saturated heterocycles. The summed E-state index contributed by atoms with van der Waals surface area (Å²) >= 11 is 0. The van der Waals surface area contributed by atoms with E-state index in [1.807, 2.05) is 6.08 Å². The van der Waals surface area contributed by atoms with Crippen LogP contribution in [0.5, 0.6) is 0 Å². The molecule has 0 saturated carbocycles. The zero-order chi connectivity index (χ0) is 16.8. The van der Waals surface area contributed by atoms with Gasteiger partial charge in [-0.2, -0.15) is 0 Å². The van der Waals surface area contributed by atoms with Crippen LogP contribution >= 0.6 is 0 Å². The molecular formula is C16H18N2O5. The third-order valence-corrected chi connectivity index (χ3v) is 3.67. The Morgan fingerprint density at radius 3 is 2.04 bits per heavy atom. The van der Waals surface area contributed by atoms with E-state index in [9.17, 15) is 19.5 Å². The van der Waals surface area contributed by atoms with Gasteiger partial charge in [-0.05, 0) is 37.1 Å². The minimum absolute atomic E-state index is 0.324. The van der Waals surface area contributed by atoms with Crippen molar-refractivity contribution in [3.8, 4) is 0 Å². The number of allylic oxidation sites excluding steroid dienone is 2. The summed E-state index contributed by atoms with van der Waals surface area (Å²) in [5.41, 5.74) is 1.06. The molecule has 2 atom stereocenters. The Labute approximate surface area is 133 Å². The Hall–Kier alpha value is -2.83. The predicted octanol–water partition coefficient (Wildman–Crippen LogP) is 2.47. The molecule has 0 unspecified atom stereocenters. The Balaban J connectivity index is 2.00. The van der Waals surface area contributed by atoms with Gasteiger partial charge in [0, 0.05) is 11.4 Å². The molecule has 0 fully saturated rings. The average Bonchev–Trinajstić information content (AvgIpc) is 2.56. The summed E-state index contributed by atoms with van der Waals surface area (Å²) < 4.78 is 4.48. The summed E-state index contributed by atoms with van der Waals surface area (Å²) in [6.45, 7) is 0. The van der Waals surface area contributed by atoms with Gasteiger partial charge in [-0.15, -0.1) is 0 Å². The molecule has 122 valence electrons. The highest BCUT2D eigenvalue weighted by molar-refractivity contribution is 5.95. The maximum absolute atomic E-state index is 12.3. The molecule has 7 heteroatoms. The van der Waals surface area contributed by atoms with Gasteiger partial charge in [0.25, 0.3) is 0 Å². The Morgan fingerprint density at radius 2 is 1.52 bits per heavy atom. The van der Waals surface area contributed by atoms with Crippen LogP contribution in [0.3, 0.4) is 0 Å². The Bertz CT molecular complexity index is 624. The lowest BCUT2D eigenvalue weighted by Gasteiger charge is -2.24. The molecule has 1 aliphatic carbocycles. The maximum Gasteiger partial charge on any atom is 0.411 e. The first-order valence-corrected chi connectivity index (χ1v) is 7.15. The first-order valence-electron chi connectivity index (χ1n) is 7.15. The number of nitrogens with one attached hydrogen (secondary N) is 2. The van der Waals surface area contributed by atoms with Crippen molar-refractivity contribution >= 4 is 29.3 Å². The van der Waals surface area contributed by atoms with Gasteiger partial charge in [-0.25, -0.2) is 4.79 Å². The van der Waals surface area contributed by atoms with E-state index in [4.69, 9.17) is 0 Å². The first kappa shape index (κ1) is 16.5. The topological polar surface area (TPSA) is 105 Å². The smallest absolute Gasteiger partial charge is 0.411 e. The number of carboxylic acid groups (broad SMARTS) is 1. The third-order valence-electron chi connectivity index (χ3n) is 3.67. The van der Waals surface area contributed by atoms with Crippen molar-refractivity contribution in [2.75, 3.05) is 17.7 Å². The van der Waals surface area contributed by atoms with Crippen LogP contribution in [0.2, 0.25) is 0 Å². The van der Waals surface area contributed by atoms with Crippen molar-refractivity contribution < 1.29 is 24.2 Å². The van der Waals surface area contributed by atoms with E-state index in [1.54, 1.807) is 30.3 Å². The maximum atomic E-state index is 12.3. The summed E-state index contributed by atoms with van der Waals surface area (Å²) in [6, 6.07) is 6.47. The number of aliphatic carboxylic acids is 1. The number of benzene rings is 1. The second kappa shape index (κ2) is 7.44. The average molecular weight is 318 g/mol. The molecule has 0 radical (unpaired) electrons. The van der Waals surface area contributed by atoms with Crippen molar-refractivity contribution in [1.29, 1.82) is 0 Å². The number of methoxy groups -OCH3 is 1. The number of ether oxygens (including phenoxy) is 1. The fraction of sp³-hybridized carbons (Fsp3) is 0.312. The minimum atomic E-state index is -0.966. The number of carbonyl (C=O) groups is 3. The highest BCUT2D eigenvalue weighted by atomic mass is 16.5. The molecule has 1 aliphatic rings. The van der Waals surface area contributed by atoms with Gasteiger partial charge in [-0.3, -0.25) is 14.9 Å². The van der Waals surface area contributed by atoms with E-state index in [2.05, 4.69) is 15.4 Å². The molecule has 0 aliphatic heterocycles. The monoisotopic (exact) mass is 318 g/mol. The van der Waals surface area contributed by atoms with Gasteiger partial charge in [0.1, 0.15) is 0 Å². The molecular weight excluding hydrogens is 300 g/mol. The van der Waals surface area contributed by atoms with Crippen LogP contribution in [0.15, 0.2) is 36.4 Å². The number of amides is 2. The van der Waals surface area contributed by atoms with Crippen LogP contribution in [0.25, 0.3) is 0 Å². The largest absolute Gasteiger partial charge is 0.481 e. The number of rotatable bonds is 4. The summed E-state index contributed by atoms with van der Waals surface area (Å²) in [5.74, 6) is -2.59. The van der Waals surface area contributed by atoms with Crippen LogP contribution in [-0.2, 0) is 14.3 Å². The highest BCUT2D eigenvalue weighted by Gasteiger charge is 2.33. The quantitative estimate of drug-likeness (QED) is 0.740. The highest BCUT2D eigenvalue weighted by Crippen LogP contribution is 2.27. The minimum Gasteiger partial charge on any atom is -0.481 e. The number of carbonyl (C=O) groups excluding carboxylic acids is 2. The molecule has 1 aromatic carbocycles. The molecule has 1 aromatic rings. The van der Waals surface area contributed by atoms with Gasteiger partial charge in [0.05, 0.1) is 18.9 Å². The van der Waals surface area contributed by atoms with Crippen molar-refractivity contribution in [3.63, 3.8) is 0 Å². The van der Waals surface area contributed by atoms with E-state index in [0.29, 0.717) is 24.2 Å². The van der Waals surface area contributed by atoms with Crippen LogP contribution < -0.4 is 10.6 Å².